The van der Waals surface area contributed by atoms with Crippen LogP contribution in [0.5, 0.6) is 11.5 Å². The van der Waals surface area contributed by atoms with Crippen molar-refractivity contribution in [2.45, 2.75) is 37.8 Å². The SMILES string of the molecule is COc1cc(N[C@H]2CCCC[C@@H]2O)c(OC)cc1Cl. The molecule has 0 saturated heterocycles. The Hall–Kier alpha value is -1.13. The molecular formula is C14H20ClNO3. The molecule has 1 saturated carbocycles. The third kappa shape index (κ3) is 3.25. The minimum absolute atomic E-state index is 0.0496. The van der Waals surface area contributed by atoms with Crippen molar-refractivity contribution in [3.63, 3.8) is 0 Å². The van der Waals surface area contributed by atoms with Crippen molar-refractivity contribution in [3.8, 4) is 11.5 Å². The first-order valence-electron chi connectivity index (χ1n) is 6.52. The lowest BCUT2D eigenvalue weighted by Gasteiger charge is -2.30. The molecule has 1 fully saturated rings. The fourth-order valence-electron chi connectivity index (χ4n) is 2.45. The summed E-state index contributed by atoms with van der Waals surface area (Å²) in [6.07, 6.45) is 3.68. The summed E-state index contributed by atoms with van der Waals surface area (Å²) in [7, 11) is 3.17. The lowest BCUT2D eigenvalue weighted by molar-refractivity contribution is 0.116. The highest BCUT2D eigenvalue weighted by Crippen LogP contribution is 2.37. The maximum absolute atomic E-state index is 10.0. The summed E-state index contributed by atoms with van der Waals surface area (Å²) in [4.78, 5) is 0. The molecule has 0 radical (unpaired) electrons. The van der Waals surface area contributed by atoms with Crippen LogP contribution in [0.3, 0.4) is 0 Å². The van der Waals surface area contributed by atoms with E-state index in [0.29, 0.717) is 16.5 Å². The highest BCUT2D eigenvalue weighted by molar-refractivity contribution is 6.32. The van der Waals surface area contributed by atoms with Crippen LogP contribution in [-0.2, 0) is 0 Å². The van der Waals surface area contributed by atoms with E-state index in [-0.39, 0.29) is 12.1 Å². The summed E-state index contributed by atoms with van der Waals surface area (Å²) in [5.74, 6) is 1.25. The molecule has 4 nitrogen and oxygen atoms in total. The van der Waals surface area contributed by atoms with Gasteiger partial charge >= 0.3 is 0 Å². The highest BCUT2D eigenvalue weighted by atomic mass is 35.5. The van der Waals surface area contributed by atoms with Crippen LogP contribution in [-0.4, -0.2) is 31.5 Å². The largest absolute Gasteiger partial charge is 0.495 e. The quantitative estimate of drug-likeness (QED) is 0.893. The Labute approximate surface area is 118 Å². The fraction of sp³-hybridized carbons (Fsp3) is 0.571. The van der Waals surface area contributed by atoms with Gasteiger partial charge in [-0.25, -0.2) is 0 Å². The maximum atomic E-state index is 10.0. The van der Waals surface area contributed by atoms with E-state index in [2.05, 4.69) is 5.32 Å². The Morgan fingerprint density at radius 3 is 2.47 bits per heavy atom. The highest BCUT2D eigenvalue weighted by Gasteiger charge is 2.24. The van der Waals surface area contributed by atoms with Gasteiger partial charge in [-0.05, 0) is 12.8 Å². The van der Waals surface area contributed by atoms with Crippen molar-refractivity contribution in [1.82, 2.24) is 0 Å². The van der Waals surface area contributed by atoms with Crippen LogP contribution < -0.4 is 14.8 Å². The summed E-state index contributed by atoms with van der Waals surface area (Å²) in [5, 5.41) is 13.9. The first-order valence-corrected chi connectivity index (χ1v) is 6.89. The topological polar surface area (TPSA) is 50.7 Å². The number of benzene rings is 1. The van der Waals surface area contributed by atoms with Gasteiger partial charge < -0.3 is 19.9 Å². The molecule has 106 valence electrons. The Bertz CT molecular complexity index is 439. The second-order valence-corrected chi connectivity index (χ2v) is 5.20. The van der Waals surface area contributed by atoms with Gasteiger partial charge in [0.15, 0.2) is 0 Å². The minimum atomic E-state index is -0.319. The lowest BCUT2D eigenvalue weighted by Crippen LogP contribution is -2.36. The Balaban J connectivity index is 2.22. The predicted octanol–water partition coefficient (Wildman–Crippen LogP) is 3.07. The zero-order chi connectivity index (χ0) is 13.8. The van der Waals surface area contributed by atoms with E-state index >= 15 is 0 Å². The molecule has 1 aromatic rings. The first kappa shape index (κ1) is 14.3. The van der Waals surface area contributed by atoms with E-state index in [1.807, 2.05) is 6.07 Å². The fourth-order valence-corrected chi connectivity index (χ4v) is 2.68. The number of aliphatic hydroxyl groups is 1. The van der Waals surface area contributed by atoms with E-state index in [9.17, 15) is 5.11 Å². The van der Waals surface area contributed by atoms with Crippen LogP contribution in [0.15, 0.2) is 12.1 Å². The van der Waals surface area contributed by atoms with Crippen molar-refractivity contribution in [2.24, 2.45) is 0 Å². The van der Waals surface area contributed by atoms with Gasteiger partial charge in [0.2, 0.25) is 0 Å². The molecule has 2 rings (SSSR count). The summed E-state index contributed by atoms with van der Waals surface area (Å²) < 4.78 is 10.5. The van der Waals surface area contributed by atoms with E-state index in [1.54, 1.807) is 20.3 Å². The van der Waals surface area contributed by atoms with Gasteiger partial charge in [0.05, 0.1) is 37.1 Å². The van der Waals surface area contributed by atoms with Gasteiger partial charge in [-0.2, -0.15) is 0 Å². The van der Waals surface area contributed by atoms with Gasteiger partial charge in [0.25, 0.3) is 0 Å². The molecule has 0 amide bonds. The third-order valence-corrected chi connectivity index (χ3v) is 3.84. The Morgan fingerprint density at radius 2 is 1.84 bits per heavy atom. The molecule has 0 aliphatic heterocycles. The number of hydrogen-bond donors (Lipinski definition) is 2. The molecule has 19 heavy (non-hydrogen) atoms. The Morgan fingerprint density at radius 1 is 1.16 bits per heavy atom. The number of nitrogens with one attached hydrogen (secondary N) is 1. The van der Waals surface area contributed by atoms with Crippen LogP contribution in [0.1, 0.15) is 25.7 Å². The van der Waals surface area contributed by atoms with E-state index in [4.69, 9.17) is 21.1 Å². The van der Waals surface area contributed by atoms with E-state index in [0.717, 1.165) is 31.4 Å². The van der Waals surface area contributed by atoms with Gasteiger partial charge in [0.1, 0.15) is 11.5 Å². The molecule has 0 spiro atoms. The Kier molecular flexibility index (Phi) is 4.77. The second-order valence-electron chi connectivity index (χ2n) is 4.79. The van der Waals surface area contributed by atoms with E-state index in [1.165, 1.54) is 0 Å². The molecule has 1 aromatic carbocycles. The smallest absolute Gasteiger partial charge is 0.143 e. The number of anilines is 1. The summed E-state index contributed by atoms with van der Waals surface area (Å²) in [6.45, 7) is 0. The van der Waals surface area contributed by atoms with Gasteiger partial charge in [-0.1, -0.05) is 24.4 Å². The number of hydrogen-bond acceptors (Lipinski definition) is 4. The number of ether oxygens (including phenoxy) is 2. The zero-order valence-electron chi connectivity index (χ0n) is 11.3. The van der Waals surface area contributed by atoms with Crippen molar-refractivity contribution in [2.75, 3.05) is 19.5 Å². The van der Waals surface area contributed by atoms with Gasteiger partial charge in [0, 0.05) is 12.1 Å². The molecule has 2 atom stereocenters. The van der Waals surface area contributed by atoms with Crippen LogP contribution in [0.25, 0.3) is 0 Å². The van der Waals surface area contributed by atoms with Crippen LogP contribution >= 0.6 is 11.6 Å². The molecule has 0 bridgehead atoms. The lowest BCUT2D eigenvalue weighted by atomic mass is 9.92. The van der Waals surface area contributed by atoms with Crippen molar-refractivity contribution < 1.29 is 14.6 Å². The summed E-state index contributed by atoms with van der Waals surface area (Å²) in [5.41, 5.74) is 0.801. The standard InChI is InChI=1S/C14H20ClNO3/c1-18-13-8-11(14(19-2)7-9(13)15)16-10-5-3-4-6-12(10)17/h7-8,10,12,16-17H,3-6H2,1-2H3/t10-,12-/m0/s1. The molecule has 0 unspecified atom stereocenters. The molecule has 1 aliphatic carbocycles. The van der Waals surface area contributed by atoms with Crippen LogP contribution in [0.4, 0.5) is 5.69 Å². The molecule has 2 N–H and O–H groups in total. The monoisotopic (exact) mass is 285 g/mol. The van der Waals surface area contributed by atoms with Gasteiger partial charge in [-0.3, -0.25) is 0 Å². The molecule has 5 heteroatoms. The number of rotatable bonds is 4. The molecule has 0 aromatic heterocycles. The normalized spacial score (nSPS) is 22.9. The van der Waals surface area contributed by atoms with Crippen LogP contribution in [0, 0.1) is 0 Å². The number of aliphatic hydroxyl groups excluding tert-OH is 1. The molecule has 0 heterocycles. The number of methoxy groups -OCH3 is 2. The van der Waals surface area contributed by atoms with Crippen LogP contribution in [0.2, 0.25) is 5.02 Å². The van der Waals surface area contributed by atoms with E-state index < -0.39 is 0 Å². The molecular weight excluding hydrogens is 266 g/mol. The van der Waals surface area contributed by atoms with Crippen molar-refractivity contribution in [3.05, 3.63) is 17.2 Å². The minimum Gasteiger partial charge on any atom is -0.495 e. The van der Waals surface area contributed by atoms with Crippen molar-refractivity contribution >= 4 is 17.3 Å². The van der Waals surface area contributed by atoms with Crippen molar-refractivity contribution in [1.29, 1.82) is 0 Å². The second kappa shape index (κ2) is 6.35. The predicted molar refractivity (Wildman–Crippen MR) is 76.4 cm³/mol. The zero-order valence-corrected chi connectivity index (χ0v) is 12.0. The first-order chi connectivity index (χ1) is 9.15. The average molecular weight is 286 g/mol. The molecule has 1 aliphatic rings. The maximum Gasteiger partial charge on any atom is 0.143 e. The summed E-state index contributed by atoms with van der Waals surface area (Å²) in [6, 6.07) is 3.58. The third-order valence-electron chi connectivity index (χ3n) is 3.54. The average Bonchev–Trinajstić information content (AvgIpc) is 2.42. The van der Waals surface area contributed by atoms with Gasteiger partial charge in [-0.15, -0.1) is 0 Å². The number of halogens is 1. The summed E-state index contributed by atoms with van der Waals surface area (Å²) >= 11 is 6.07.